The Hall–Kier alpha value is -1.12. The van der Waals surface area contributed by atoms with Crippen molar-refractivity contribution in [3.05, 3.63) is 11.6 Å². The Kier molecular flexibility index (Phi) is 2.63. The van der Waals surface area contributed by atoms with Gasteiger partial charge in [-0.15, -0.1) is 0 Å². The van der Waals surface area contributed by atoms with E-state index in [-0.39, 0.29) is 17.7 Å². The first kappa shape index (κ1) is 8.97. The summed E-state index contributed by atoms with van der Waals surface area (Å²) in [5, 5.41) is 2.53. The van der Waals surface area contributed by atoms with E-state index in [1.165, 1.54) is 0 Å². The lowest BCUT2D eigenvalue weighted by molar-refractivity contribution is -0.121. The first-order valence-corrected chi connectivity index (χ1v) is 4.09. The number of carbonyl (C=O) groups is 2. The Labute approximate surface area is 71.8 Å². The van der Waals surface area contributed by atoms with Crippen LogP contribution in [0.2, 0.25) is 0 Å². The number of hydrogen-bond acceptors (Lipinski definition) is 2. The zero-order valence-corrected chi connectivity index (χ0v) is 7.33. The van der Waals surface area contributed by atoms with E-state index >= 15 is 0 Å². The molecule has 0 aromatic heterocycles. The van der Waals surface area contributed by atoms with Crippen molar-refractivity contribution >= 4 is 12.2 Å². The summed E-state index contributed by atoms with van der Waals surface area (Å²) in [5.74, 6) is 0.223. The fraction of sp³-hybridized carbons (Fsp3) is 0.556. The van der Waals surface area contributed by atoms with Crippen LogP contribution in [-0.4, -0.2) is 18.2 Å². The van der Waals surface area contributed by atoms with Crippen molar-refractivity contribution in [3.63, 3.8) is 0 Å². The number of carbonyl (C=O) groups excluding carboxylic acids is 2. The molecule has 1 aliphatic rings. The SMILES string of the molecule is CC(C)[C@H](NC=O)C(=O)C1=CC1. The molecule has 0 bridgehead atoms. The molecule has 0 heterocycles. The number of ketones is 1. The molecule has 0 aromatic rings. The molecule has 1 atom stereocenters. The number of nitrogens with one attached hydrogen (secondary N) is 1. The minimum absolute atomic E-state index is 0.0668. The van der Waals surface area contributed by atoms with E-state index in [9.17, 15) is 9.59 Å². The Morgan fingerprint density at radius 2 is 2.25 bits per heavy atom. The average Bonchev–Trinajstić information content (AvgIpc) is 2.80. The lowest BCUT2D eigenvalue weighted by Gasteiger charge is -2.16. The summed E-state index contributed by atoms with van der Waals surface area (Å²) in [4.78, 5) is 21.6. The van der Waals surface area contributed by atoms with Gasteiger partial charge in [-0.25, -0.2) is 0 Å². The maximum Gasteiger partial charge on any atom is 0.207 e. The van der Waals surface area contributed by atoms with Crippen LogP contribution < -0.4 is 5.32 Å². The molecule has 0 unspecified atom stereocenters. The molecule has 0 aliphatic heterocycles. The summed E-state index contributed by atoms with van der Waals surface area (Å²) >= 11 is 0. The van der Waals surface area contributed by atoms with Crippen molar-refractivity contribution in [2.75, 3.05) is 0 Å². The van der Waals surface area contributed by atoms with Gasteiger partial charge in [-0.1, -0.05) is 19.9 Å². The van der Waals surface area contributed by atoms with Crippen molar-refractivity contribution < 1.29 is 9.59 Å². The predicted octanol–water partition coefficient (Wildman–Crippen LogP) is 0.656. The highest BCUT2D eigenvalue weighted by Crippen LogP contribution is 2.22. The first-order valence-electron chi connectivity index (χ1n) is 4.09. The van der Waals surface area contributed by atoms with Gasteiger partial charge in [0.1, 0.15) is 0 Å². The second kappa shape index (κ2) is 3.52. The molecule has 0 saturated heterocycles. The van der Waals surface area contributed by atoms with Crippen LogP contribution in [0.1, 0.15) is 20.3 Å². The molecule has 0 radical (unpaired) electrons. The number of allylic oxidation sites excluding steroid dienone is 1. The number of amides is 1. The molecule has 1 amide bonds. The summed E-state index contributed by atoms with van der Waals surface area (Å²) in [6, 6.07) is -0.337. The number of Topliss-reactive ketones (excluding diaryl/α,β-unsaturated/α-hetero) is 1. The second-order valence-corrected chi connectivity index (χ2v) is 3.30. The Morgan fingerprint density at radius 1 is 1.67 bits per heavy atom. The fourth-order valence-electron chi connectivity index (χ4n) is 1.10. The van der Waals surface area contributed by atoms with Crippen LogP contribution in [0.5, 0.6) is 0 Å². The number of hydrogen-bond donors (Lipinski definition) is 1. The molecule has 1 N–H and O–H groups in total. The van der Waals surface area contributed by atoms with Gasteiger partial charge in [0.05, 0.1) is 6.04 Å². The third-order valence-electron chi connectivity index (χ3n) is 1.92. The van der Waals surface area contributed by atoms with E-state index in [2.05, 4.69) is 5.32 Å². The highest BCUT2D eigenvalue weighted by molar-refractivity contribution is 6.03. The van der Waals surface area contributed by atoms with Crippen molar-refractivity contribution in [1.29, 1.82) is 0 Å². The maximum absolute atomic E-state index is 11.4. The molecule has 12 heavy (non-hydrogen) atoms. The Morgan fingerprint density at radius 3 is 2.58 bits per heavy atom. The molecule has 0 fully saturated rings. The zero-order chi connectivity index (χ0) is 9.14. The van der Waals surface area contributed by atoms with Gasteiger partial charge in [-0.05, 0) is 17.9 Å². The number of rotatable bonds is 5. The van der Waals surface area contributed by atoms with Crippen molar-refractivity contribution in [3.8, 4) is 0 Å². The van der Waals surface area contributed by atoms with Gasteiger partial charge >= 0.3 is 0 Å². The Bertz CT molecular complexity index is 231. The van der Waals surface area contributed by atoms with Crippen LogP contribution in [0.25, 0.3) is 0 Å². The van der Waals surface area contributed by atoms with Crippen LogP contribution in [0.4, 0.5) is 0 Å². The molecule has 3 nitrogen and oxygen atoms in total. The highest BCUT2D eigenvalue weighted by atomic mass is 16.1. The van der Waals surface area contributed by atoms with Crippen LogP contribution in [0, 0.1) is 5.92 Å². The molecule has 0 spiro atoms. The molecular weight excluding hydrogens is 154 g/mol. The minimum atomic E-state index is -0.337. The normalized spacial score (nSPS) is 16.8. The molecule has 0 aromatic carbocycles. The summed E-state index contributed by atoms with van der Waals surface area (Å²) in [6.07, 6.45) is 3.26. The maximum atomic E-state index is 11.4. The van der Waals surface area contributed by atoms with E-state index in [4.69, 9.17) is 0 Å². The van der Waals surface area contributed by atoms with E-state index in [1.807, 2.05) is 19.9 Å². The van der Waals surface area contributed by atoms with Gasteiger partial charge in [0.25, 0.3) is 0 Å². The van der Waals surface area contributed by atoms with Gasteiger partial charge in [0, 0.05) is 0 Å². The van der Waals surface area contributed by atoms with Crippen molar-refractivity contribution in [2.45, 2.75) is 26.3 Å². The van der Waals surface area contributed by atoms with E-state index in [0.29, 0.717) is 6.41 Å². The largest absolute Gasteiger partial charge is 0.348 e. The van der Waals surface area contributed by atoms with Crippen LogP contribution in [0.15, 0.2) is 11.6 Å². The molecule has 66 valence electrons. The minimum Gasteiger partial charge on any atom is -0.348 e. The second-order valence-electron chi connectivity index (χ2n) is 3.30. The van der Waals surface area contributed by atoms with E-state index in [0.717, 1.165) is 12.0 Å². The average molecular weight is 167 g/mol. The Balaban J connectivity index is 2.57. The fourth-order valence-corrected chi connectivity index (χ4v) is 1.10. The predicted molar refractivity (Wildman–Crippen MR) is 45.5 cm³/mol. The van der Waals surface area contributed by atoms with Gasteiger partial charge in [-0.2, -0.15) is 0 Å². The van der Waals surface area contributed by atoms with Gasteiger partial charge in [0.15, 0.2) is 5.78 Å². The monoisotopic (exact) mass is 167 g/mol. The highest BCUT2D eigenvalue weighted by Gasteiger charge is 2.27. The van der Waals surface area contributed by atoms with E-state index < -0.39 is 0 Å². The third kappa shape index (κ3) is 1.94. The third-order valence-corrected chi connectivity index (χ3v) is 1.92. The lowest BCUT2D eigenvalue weighted by Crippen LogP contribution is -2.39. The van der Waals surface area contributed by atoms with Crippen molar-refractivity contribution in [1.82, 2.24) is 5.32 Å². The van der Waals surface area contributed by atoms with Gasteiger partial charge < -0.3 is 5.32 Å². The first-order chi connectivity index (χ1) is 5.66. The molecule has 1 aliphatic carbocycles. The molecule has 0 saturated carbocycles. The smallest absolute Gasteiger partial charge is 0.207 e. The quantitative estimate of drug-likeness (QED) is 0.611. The molecule has 3 heteroatoms. The standard InChI is InChI=1S/C9H13NO2/c1-6(2)8(10-5-11)9(12)7-3-4-7/h3,5-6,8H,4H2,1-2H3,(H,10,11)/t8-/m0/s1. The zero-order valence-electron chi connectivity index (χ0n) is 7.33. The molecule has 1 rings (SSSR count). The topological polar surface area (TPSA) is 46.2 Å². The van der Waals surface area contributed by atoms with E-state index in [1.54, 1.807) is 0 Å². The summed E-state index contributed by atoms with van der Waals surface area (Å²) in [6.45, 7) is 3.84. The summed E-state index contributed by atoms with van der Waals surface area (Å²) in [7, 11) is 0. The van der Waals surface area contributed by atoms with Crippen molar-refractivity contribution in [2.24, 2.45) is 5.92 Å². The summed E-state index contributed by atoms with van der Waals surface area (Å²) in [5.41, 5.74) is 0.850. The van der Waals surface area contributed by atoms with Crippen LogP contribution >= 0.6 is 0 Å². The summed E-state index contributed by atoms with van der Waals surface area (Å²) < 4.78 is 0. The van der Waals surface area contributed by atoms with Gasteiger partial charge in [-0.3, -0.25) is 9.59 Å². The van der Waals surface area contributed by atoms with Crippen LogP contribution in [0.3, 0.4) is 0 Å². The van der Waals surface area contributed by atoms with Gasteiger partial charge in [0.2, 0.25) is 6.41 Å². The molecular formula is C9H13NO2. The lowest BCUT2D eigenvalue weighted by atomic mass is 9.98. The van der Waals surface area contributed by atoms with Crippen LogP contribution in [-0.2, 0) is 9.59 Å².